The van der Waals surface area contributed by atoms with Gasteiger partial charge in [-0.25, -0.2) is 4.98 Å². The third-order valence-corrected chi connectivity index (χ3v) is 6.19. The number of carbonyl (C=O) groups is 1. The molecule has 0 unspecified atom stereocenters. The zero-order valence-electron chi connectivity index (χ0n) is 17.4. The number of nitrogens with one attached hydrogen (secondary N) is 1. The molecule has 30 heavy (non-hydrogen) atoms. The zero-order valence-corrected chi connectivity index (χ0v) is 19.0. The maximum absolute atomic E-state index is 13.2. The number of aromatic nitrogens is 3. The van der Waals surface area contributed by atoms with Gasteiger partial charge in [0.1, 0.15) is 5.76 Å². The highest BCUT2D eigenvalue weighted by atomic mass is 35.5. The number of benzene rings is 1. The van der Waals surface area contributed by atoms with Crippen molar-refractivity contribution in [2.75, 3.05) is 5.32 Å². The van der Waals surface area contributed by atoms with E-state index in [1.165, 1.54) is 11.8 Å². The van der Waals surface area contributed by atoms with E-state index in [2.05, 4.69) is 29.3 Å². The van der Waals surface area contributed by atoms with Crippen molar-refractivity contribution in [1.29, 1.82) is 0 Å². The fraction of sp³-hybridized carbons (Fsp3) is 0.429. The molecule has 0 spiro atoms. The number of fused-ring (bicyclic) bond motifs is 1. The maximum atomic E-state index is 13.2. The summed E-state index contributed by atoms with van der Waals surface area (Å²) in [6.45, 7) is 8.42. The average molecular weight is 449 g/mol. The Balaban J connectivity index is 1.95. The molecular formula is C21H25ClN4O3S. The van der Waals surface area contributed by atoms with Gasteiger partial charge in [0.25, 0.3) is 5.56 Å². The zero-order chi connectivity index (χ0) is 21.8. The van der Waals surface area contributed by atoms with Crippen LogP contribution >= 0.6 is 23.4 Å². The van der Waals surface area contributed by atoms with Crippen LogP contribution in [0.25, 0.3) is 10.9 Å². The lowest BCUT2D eigenvalue weighted by Gasteiger charge is -2.18. The Morgan fingerprint density at radius 2 is 2.10 bits per heavy atom. The van der Waals surface area contributed by atoms with E-state index in [4.69, 9.17) is 16.1 Å². The highest BCUT2D eigenvalue weighted by Gasteiger charge is 2.23. The van der Waals surface area contributed by atoms with Gasteiger partial charge >= 0.3 is 0 Å². The quantitative estimate of drug-likeness (QED) is 0.389. The van der Waals surface area contributed by atoms with E-state index in [9.17, 15) is 9.59 Å². The van der Waals surface area contributed by atoms with Crippen LogP contribution in [0.1, 0.15) is 39.4 Å². The van der Waals surface area contributed by atoms with Crippen molar-refractivity contribution in [2.45, 2.75) is 57.5 Å². The summed E-state index contributed by atoms with van der Waals surface area (Å²) in [4.78, 5) is 30.6. The predicted octanol–water partition coefficient (Wildman–Crippen LogP) is 4.90. The number of amides is 1. The molecule has 0 saturated heterocycles. The third-order valence-electron chi connectivity index (χ3n) is 4.60. The summed E-state index contributed by atoms with van der Waals surface area (Å²) in [7, 11) is 0. The van der Waals surface area contributed by atoms with Crippen LogP contribution in [0.3, 0.4) is 0 Å². The largest absolute Gasteiger partial charge is 0.360 e. The van der Waals surface area contributed by atoms with Crippen LogP contribution in [0.2, 0.25) is 5.02 Å². The first-order valence-electron chi connectivity index (χ1n) is 9.89. The van der Waals surface area contributed by atoms with Gasteiger partial charge in [0.2, 0.25) is 5.91 Å². The van der Waals surface area contributed by atoms with E-state index < -0.39 is 5.25 Å². The summed E-state index contributed by atoms with van der Waals surface area (Å²) in [6.07, 6.45) is 1.39. The summed E-state index contributed by atoms with van der Waals surface area (Å²) in [6, 6.07) is 6.72. The smallest absolute Gasteiger partial charge is 0.262 e. The van der Waals surface area contributed by atoms with Crippen molar-refractivity contribution in [3.8, 4) is 0 Å². The molecule has 0 aliphatic carbocycles. The standard InChI is InChI=1S/C21H25ClN4O3S/c1-5-17(19(27)24-18-10-13(4)29-25-18)30-21-23-16-11-14(22)6-7-15(16)20(28)26(21)9-8-12(2)3/h6-7,10-12,17H,5,8-9H2,1-4H3,(H,24,25,27)/t17-/m0/s1. The molecule has 160 valence electrons. The molecule has 3 aromatic rings. The monoisotopic (exact) mass is 448 g/mol. The molecule has 1 aromatic carbocycles. The number of carbonyl (C=O) groups excluding carboxylic acids is 1. The van der Waals surface area contributed by atoms with E-state index in [-0.39, 0.29) is 11.5 Å². The van der Waals surface area contributed by atoms with Crippen LogP contribution in [0.4, 0.5) is 5.82 Å². The number of hydrogen-bond donors (Lipinski definition) is 1. The van der Waals surface area contributed by atoms with Gasteiger partial charge in [-0.1, -0.05) is 49.3 Å². The summed E-state index contributed by atoms with van der Waals surface area (Å²) in [5.74, 6) is 1.19. The SMILES string of the molecule is CC[C@H](Sc1nc2cc(Cl)ccc2c(=O)n1CCC(C)C)C(=O)Nc1cc(C)on1. The molecule has 0 aliphatic rings. The molecule has 0 radical (unpaired) electrons. The molecule has 7 nitrogen and oxygen atoms in total. The van der Waals surface area contributed by atoms with Gasteiger partial charge in [0.05, 0.1) is 16.2 Å². The lowest BCUT2D eigenvalue weighted by atomic mass is 10.1. The first kappa shape index (κ1) is 22.4. The molecule has 1 atom stereocenters. The van der Waals surface area contributed by atoms with Gasteiger partial charge in [-0.2, -0.15) is 0 Å². The van der Waals surface area contributed by atoms with Crippen LogP contribution in [-0.4, -0.2) is 25.9 Å². The molecule has 1 amide bonds. The van der Waals surface area contributed by atoms with Crippen LogP contribution < -0.4 is 10.9 Å². The Hall–Kier alpha value is -2.32. The van der Waals surface area contributed by atoms with Crippen LogP contribution in [-0.2, 0) is 11.3 Å². The third kappa shape index (κ3) is 5.23. The molecule has 0 fully saturated rings. The summed E-state index contributed by atoms with van der Waals surface area (Å²) in [5, 5.41) is 7.66. The maximum Gasteiger partial charge on any atom is 0.262 e. The number of thioether (sulfide) groups is 1. The van der Waals surface area contributed by atoms with E-state index in [1.807, 2.05) is 6.92 Å². The van der Waals surface area contributed by atoms with Crippen LogP contribution in [0.15, 0.2) is 38.7 Å². The summed E-state index contributed by atoms with van der Waals surface area (Å²) < 4.78 is 6.67. The lowest BCUT2D eigenvalue weighted by Crippen LogP contribution is -2.28. The minimum atomic E-state index is -0.448. The van der Waals surface area contributed by atoms with Crippen molar-refractivity contribution in [2.24, 2.45) is 5.92 Å². The highest BCUT2D eigenvalue weighted by Crippen LogP contribution is 2.27. The number of halogens is 1. The normalized spacial score (nSPS) is 12.5. The Kier molecular flexibility index (Phi) is 7.20. The van der Waals surface area contributed by atoms with Crippen molar-refractivity contribution >= 4 is 46.0 Å². The number of hydrogen-bond acceptors (Lipinski definition) is 6. The van der Waals surface area contributed by atoms with Crippen molar-refractivity contribution < 1.29 is 9.32 Å². The molecular weight excluding hydrogens is 424 g/mol. The number of nitrogens with zero attached hydrogens (tertiary/aromatic N) is 3. The lowest BCUT2D eigenvalue weighted by molar-refractivity contribution is -0.115. The van der Waals surface area contributed by atoms with Crippen molar-refractivity contribution in [1.82, 2.24) is 14.7 Å². The number of aryl methyl sites for hydroxylation is 1. The molecule has 0 bridgehead atoms. The van der Waals surface area contributed by atoms with Crippen LogP contribution in [0.5, 0.6) is 0 Å². The van der Waals surface area contributed by atoms with E-state index in [1.54, 1.807) is 35.8 Å². The molecule has 1 N–H and O–H groups in total. The number of rotatable bonds is 8. The predicted molar refractivity (Wildman–Crippen MR) is 120 cm³/mol. The summed E-state index contributed by atoms with van der Waals surface area (Å²) >= 11 is 7.38. The Labute approximate surface area is 184 Å². The first-order chi connectivity index (χ1) is 14.3. The molecule has 2 heterocycles. The Morgan fingerprint density at radius 3 is 2.73 bits per heavy atom. The first-order valence-corrected chi connectivity index (χ1v) is 11.1. The molecule has 0 saturated carbocycles. The molecule has 0 aliphatic heterocycles. The van der Waals surface area contributed by atoms with Gasteiger partial charge in [-0.15, -0.1) is 0 Å². The molecule has 9 heteroatoms. The van der Waals surface area contributed by atoms with Gasteiger partial charge in [-0.05, 0) is 43.9 Å². The minimum absolute atomic E-state index is 0.123. The van der Waals surface area contributed by atoms with E-state index in [0.29, 0.717) is 51.5 Å². The fourth-order valence-electron chi connectivity index (χ4n) is 2.93. The van der Waals surface area contributed by atoms with Crippen LogP contribution in [0, 0.1) is 12.8 Å². The molecule has 3 rings (SSSR count). The Morgan fingerprint density at radius 1 is 1.33 bits per heavy atom. The van der Waals surface area contributed by atoms with Gasteiger partial charge in [-0.3, -0.25) is 14.2 Å². The average Bonchev–Trinajstić information content (AvgIpc) is 3.09. The van der Waals surface area contributed by atoms with Gasteiger partial charge in [0, 0.05) is 17.6 Å². The number of anilines is 1. The second kappa shape index (κ2) is 9.66. The second-order valence-electron chi connectivity index (χ2n) is 7.52. The van der Waals surface area contributed by atoms with Gasteiger partial charge < -0.3 is 9.84 Å². The van der Waals surface area contributed by atoms with E-state index in [0.717, 1.165) is 6.42 Å². The fourth-order valence-corrected chi connectivity index (χ4v) is 4.14. The van der Waals surface area contributed by atoms with Gasteiger partial charge in [0.15, 0.2) is 11.0 Å². The summed E-state index contributed by atoms with van der Waals surface area (Å²) in [5.41, 5.74) is 0.403. The highest BCUT2D eigenvalue weighted by molar-refractivity contribution is 8.00. The van der Waals surface area contributed by atoms with Crippen molar-refractivity contribution in [3.63, 3.8) is 0 Å². The topological polar surface area (TPSA) is 90.0 Å². The Bertz CT molecular complexity index is 1110. The van der Waals surface area contributed by atoms with E-state index >= 15 is 0 Å². The second-order valence-corrected chi connectivity index (χ2v) is 9.13. The minimum Gasteiger partial charge on any atom is -0.360 e. The molecule has 2 aromatic heterocycles. The van der Waals surface area contributed by atoms with Crippen molar-refractivity contribution in [3.05, 3.63) is 45.4 Å².